The summed E-state index contributed by atoms with van der Waals surface area (Å²) < 4.78 is 5.05. The molecule has 0 amide bonds. The molecule has 0 saturated heterocycles. The molecule has 1 aromatic heterocycles. The summed E-state index contributed by atoms with van der Waals surface area (Å²) in [6.45, 7) is 2.55. The fraction of sp³-hybridized carbons (Fsp3) is 0.600. The van der Waals surface area contributed by atoms with Gasteiger partial charge in [0.1, 0.15) is 5.82 Å². The van der Waals surface area contributed by atoms with E-state index in [1.165, 1.54) is 0 Å². The Labute approximate surface area is 89.5 Å². The van der Waals surface area contributed by atoms with Crippen molar-refractivity contribution in [3.05, 3.63) is 18.1 Å². The standard InChI is InChI=1S/C10H17N3O2/c1-8-10(12-5-4-11-8)13-9(3-6-14)7-15-2/h4-5,9,14H,3,6-7H2,1-2H3,(H,12,13). The van der Waals surface area contributed by atoms with Crippen LogP contribution in [0.3, 0.4) is 0 Å². The smallest absolute Gasteiger partial charge is 0.147 e. The van der Waals surface area contributed by atoms with Crippen molar-refractivity contribution < 1.29 is 9.84 Å². The van der Waals surface area contributed by atoms with Crippen LogP contribution in [-0.2, 0) is 4.74 Å². The van der Waals surface area contributed by atoms with Crippen molar-refractivity contribution in [1.82, 2.24) is 9.97 Å². The fourth-order valence-corrected chi connectivity index (χ4v) is 1.30. The monoisotopic (exact) mass is 211 g/mol. The lowest BCUT2D eigenvalue weighted by Gasteiger charge is -2.17. The van der Waals surface area contributed by atoms with E-state index in [1.807, 2.05) is 6.92 Å². The largest absolute Gasteiger partial charge is 0.396 e. The number of aromatic nitrogens is 2. The van der Waals surface area contributed by atoms with Gasteiger partial charge in [0.2, 0.25) is 0 Å². The molecular formula is C10H17N3O2. The number of nitrogens with one attached hydrogen (secondary N) is 1. The van der Waals surface area contributed by atoms with E-state index in [0.29, 0.717) is 13.0 Å². The zero-order valence-corrected chi connectivity index (χ0v) is 9.10. The number of aliphatic hydroxyl groups is 1. The summed E-state index contributed by atoms with van der Waals surface area (Å²) in [5, 5.41) is 12.1. The molecular weight excluding hydrogens is 194 g/mol. The quantitative estimate of drug-likeness (QED) is 0.721. The van der Waals surface area contributed by atoms with Gasteiger partial charge in [0.15, 0.2) is 0 Å². The van der Waals surface area contributed by atoms with Crippen molar-refractivity contribution in [3.63, 3.8) is 0 Å². The lowest BCUT2D eigenvalue weighted by atomic mass is 10.2. The highest BCUT2D eigenvalue weighted by Gasteiger charge is 2.09. The zero-order valence-electron chi connectivity index (χ0n) is 9.10. The molecule has 1 rings (SSSR count). The first kappa shape index (κ1) is 11.9. The molecule has 5 heteroatoms. The van der Waals surface area contributed by atoms with Crippen LogP contribution in [-0.4, -0.2) is 41.4 Å². The van der Waals surface area contributed by atoms with Gasteiger partial charge in [-0.25, -0.2) is 4.98 Å². The highest BCUT2D eigenvalue weighted by atomic mass is 16.5. The number of ether oxygens (including phenoxy) is 1. The number of methoxy groups -OCH3 is 1. The number of hydrogen-bond acceptors (Lipinski definition) is 5. The summed E-state index contributed by atoms with van der Waals surface area (Å²) >= 11 is 0. The van der Waals surface area contributed by atoms with Gasteiger partial charge in [-0.15, -0.1) is 0 Å². The third-order valence-corrected chi connectivity index (χ3v) is 2.07. The fourth-order valence-electron chi connectivity index (χ4n) is 1.30. The molecule has 0 aliphatic carbocycles. The molecule has 0 aliphatic heterocycles. The van der Waals surface area contributed by atoms with E-state index in [2.05, 4.69) is 15.3 Å². The molecule has 15 heavy (non-hydrogen) atoms. The molecule has 1 heterocycles. The van der Waals surface area contributed by atoms with Gasteiger partial charge in [0.25, 0.3) is 0 Å². The Kier molecular flexibility index (Phi) is 5.00. The number of aryl methyl sites for hydroxylation is 1. The minimum absolute atomic E-state index is 0.0652. The molecule has 2 N–H and O–H groups in total. The Balaban J connectivity index is 2.60. The predicted octanol–water partition coefficient (Wildman–Crippen LogP) is 0.594. The van der Waals surface area contributed by atoms with E-state index in [0.717, 1.165) is 11.5 Å². The molecule has 1 aromatic rings. The molecule has 0 fully saturated rings. The second-order valence-electron chi connectivity index (χ2n) is 3.30. The second kappa shape index (κ2) is 6.31. The van der Waals surface area contributed by atoms with E-state index in [9.17, 15) is 0 Å². The van der Waals surface area contributed by atoms with Crippen LogP contribution in [0.2, 0.25) is 0 Å². The number of nitrogens with zero attached hydrogens (tertiary/aromatic N) is 2. The number of hydrogen-bond donors (Lipinski definition) is 2. The van der Waals surface area contributed by atoms with Crippen molar-refractivity contribution >= 4 is 5.82 Å². The van der Waals surface area contributed by atoms with Crippen molar-refractivity contribution in [2.24, 2.45) is 0 Å². The Hall–Kier alpha value is -1.20. The molecule has 1 atom stereocenters. The third kappa shape index (κ3) is 3.81. The van der Waals surface area contributed by atoms with Crippen LogP contribution in [0.25, 0.3) is 0 Å². The van der Waals surface area contributed by atoms with Crippen molar-refractivity contribution in [2.45, 2.75) is 19.4 Å². The summed E-state index contributed by atoms with van der Waals surface area (Å²) in [5.41, 5.74) is 0.844. The molecule has 0 radical (unpaired) electrons. The number of anilines is 1. The van der Waals surface area contributed by atoms with Gasteiger partial charge in [-0.2, -0.15) is 0 Å². The Morgan fingerprint density at radius 1 is 1.47 bits per heavy atom. The molecule has 0 saturated carbocycles. The minimum atomic E-state index is 0.0652. The molecule has 5 nitrogen and oxygen atoms in total. The molecule has 1 unspecified atom stereocenters. The maximum atomic E-state index is 8.88. The van der Waals surface area contributed by atoms with Crippen LogP contribution in [0.1, 0.15) is 12.1 Å². The van der Waals surface area contributed by atoms with Crippen molar-refractivity contribution in [1.29, 1.82) is 0 Å². The first-order chi connectivity index (χ1) is 7.27. The van der Waals surface area contributed by atoms with E-state index in [4.69, 9.17) is 9.84 Å². The highest BCUT2D eigenvalue weighted by molar-refractivity contribution is 5.39. The lowest BCUT2D eigenvalue weighted by molar-refractivity contribution is 0.170. The first-order valence-electron chi connectivity index (χ1n) is 4.92. The topological polar surface area (TPSA) is 67.3 Å². The predicted molar refractivity (Wildman–Crippen MR) is 57.8 cm³/mol. The molecule has 0 aliphatic rings. The van der Waals surface area contributed by atoms with E-state index in [1.54, 1.807) is 19.5 Å². The van der Waals surface area contributed by atoms with Crippen LogP contribution in [0.15, 0.2) is 12.4 Å². The Bertz CT molecular complexity index is 288. The Morgan fingerprint density at radius 2 is 2.20 bits per heavy atom. The Morgan fingerprint density at radius 3 is 2.80 bits per heavy atom. The summed E-state index contributed by atoms with van der Waals surface area (Å²) in [6.07, 6.45) is 3.92. The zero-order chi connectivity index (χ0) is 11.1. The number of aliphatic hydroxyl groups excluding tert-OH is 1. The average molecular weight is 211 g/mol. The third-order valence-electron chi connectivity index (χ3n) is 2.07. The molecule has 84 valence electrons. The van der Waals surface area contributed by atoms with Crippen molar-refractivity contribution in [2.75, 3.05) is 25.6 Å². The normalized spacial score (nSPS) is 12.5. The first-order valence-corrected chi connectivity index (χ1v) is 4.92. The van der Waals surface area contributed by atoms with E-state index >= 15 is 0 Å². The maximum absolute atomic E-state index is 8.88. The van der Waals surface area contributed by atoms with Gasteiger partial charge < -0.3 is 15.2 Å². The SMILES string of the molecule is COCC(CCO)Nc1nccnc1C. The van der Waals surface area contributed by atoms with Gasteiger partial charge in [0.05, 0.1) is 18.3 Å². The summed E-state index contributed by atoms with van der Waals surface area (Å²) in [6, 6.07) is 0.0652. The van der Waals surface area contributed by atoms with Crippen LogP contribution >= 0.6 is 0 Å². The molecule has 0 bridgehead atoms. The second-order valence-corrected chi connectivity index (χ2v) is 3.30. The van der Waals surface area contributed by atoms with Crippen molar-refractivity contribution in [3.8, 4) is 0 Å². The summed E-state index contributed by atoms with van der Waals surface area (Å²) in [4.78, 5) is 8.30. The van der Waals surface area contributed by atoms with Crippen LogP contribution in [0.4, 0.5) is 5.82 Å². The number of rotatable bonds is 6. The summed E-state index contributed by atoms with van der Waals surface area (Å²) in [7, 11) is 1.63. The minimum Gasteiger partial charge on any atom is -0.396 e. The van der Waals surface area contributed by atoms with Gasteiger partial charge >= 0.3 is 0 Å². The lowest BCUT2D eigenvalue weighted by Crippen LogP contribution is -2.27. The van der Waals surface area contributed by atoms with Crippen LogP contribution in [0, 0.1) is 6.92 Å². The van der Waals surface area contributed by atoms with Gasteiger partial charge in [0, 0.05) is 26.1 Å². The molecule has 0 spiro atoms. The summed E-state index contributed by atoms with van der Waals surface area (Å²) in [5.74, 6) is 0.744. The van der Waals surface area contributed by atoms with E-state index in [-0.39, 0.29) is 12.6 Å². The van der Waals surface area contributed by atoms with Gasteiger partial charge in [-0.3, -0.25) is 4.98 Å². The van der Waals surface area contributed by atoms with Crippen LogP contribution < -0.4 is 5.32 Å². The molecule has 0 aromatic carbocycles. The van der Waals surface area contributed by atoms with Gasteiger partial charge in [-0.1, -0.05) is 0 Å². The van der Waals surface area contributed by atoms with Gasteiger partial charge in [-0.05, 0) is 13.3 Å². The maximum Gasteiger partial charge on any atom is 0.147 e. The highest BCUT2D eigenvalue weighted by Crippen LogP contribution is 2.09. The van der Waals surface area contributed by atoms with E-state index < -0.39 is 0 Å². The average Bonchev–Trinajstić information content (AvgIpc) is 2.22. The van der Waals surface area contributed by atoms with Crippen LogP contribution in [0.5, 0.6) is 0 Å².